The predicted molar refractivity (Wildman–Crippen MR) is 75.5 cm³/mol. The van der Waals surface area contributed by atoms with Crippen molar-refractivity contribution >= 4 is 64.4 Å². The standard InChI is InChI=1S/C4H4Cl4F6N3O2P3/c5-20(6)15-21(7,18-1-3(9,10)11)17-22(8,16-20)19-2-4(12,13)14/h1-2H2/t21-,22-/m1/s1. The van der Waals surface area contributed by atoms with Gasteiger partial charge in [-0.2, -0.15) is 39.9 Å². The molecule has 1 aliphatic heterocycles. The van der Waals surface area contributed by atoms with E-state index >= 15 is 0 Å². The molecular weight excluding hydrogens is 471 g/mol. The maximum absolute atomic E-state index is 12.1. The van der Waals surface area contributed by atoms with E-state index in [1.54, 1.807) is 0 Å². The van der Waals surface area contributed by atoms with Gasteiger partial charge in [-0.3, -0.25) is 0 Å². The fraction of sp³-hybridized carbons (Fsp3) is 1.00. The van der Waals surface area contributed by atoms with Crippen molar-refractivity contribution in [3.63, 3.8) is 0 Å². The van der Waals surface area contributed by atoms with Gasteiger partial charge in [0.1, 0.15) is 0 Å². The Balaban J connectivity index is 3.14. The van der Waals surface area contributed by atoms with Crippen LogP contribution in [0.4, 0.5) is 26.3 Å². The summed E-state index contributed by atoms with van der Waals surface area (Å²) in [6.07, 6.45) is -9.58. The van der Waals surface area contributed by atoms with Crippen LogP contribution in [0.15, 0.2) is 13.5 Å². The van der Waals surface area contributed by atoms with Crippen molar-refractivity contribution in [1.82, 2.24) is 0 Å². The molecule has 18 heteroatoms. The molecule has 0 bridgehead atoms. The summed E-state index contributed by atoms with van der Waals surface area (Å²) in [4.78, 5) is 0. The van der Waals surface area contributed by atoms with Gasteiger partial charge in [0.25, 0.3) is 5.91 Å². The van der Waals surface area contributed by atoms with Gasteiger partial charge in [-0.05, 0) is 45.0 Å². The first-order valence-corrected chi connectivity index (χ1v) is 13.2. The molecule has 0 amide bonds. The van der Waals surface area contributed by atoms with E-state index in [0.717, 1.165) is 0 Å². The van der Waals surface area contributed by atoms with Crippen molar-refractivity contribution < 1.29 is 35.4 Å². The maximum atomic E-state index is 12.1. The summed E-state index contributed by atoms with van der Waals surface area (Å²) in [5, 5.41) is 0. The minimum absolute atomic E-state index is 1.87. The maximum Gasteiger partial charge on any atom is 0.412 e. The lowest BCUT2D eigenvalue weighted by Gasteiger charge is -2.24. The van der Waals surface area contributed by atoms with Crippen LogP contribution in [0.2, 0.25) is 0 Å². The minimum atomic E-state index is -4.79. The highest BCUT2D eigenvalue weighted by Gasteiger charge is 2.40. The highest BCUT2D eigenvalue weighted by molar-refractivity contribution is 8.16. The molecule has 0 unspecified atom stereocenters. The van der Waals surface area contributed by atoms with Gasteiger partial charge in [0.2, 0.25) is 0 Å². The lowest BCUT2D eigenvalue weighted by molar-refractivity contribution is -0.152. The first-order valence-electron chi connectivity index (χ1n) is 4.66. The van der Waals surface area contributed by atoms with Crippen LogP contribution >= 0.6 is 64.4 Å². The van der Waals surface area contributed by atoms with E-state index in [1.807, 2.05) is 0 Å². The van der Waals surface area contributed by atoms with Gasteiger partial charge in [-0.25, -0.2) is 0 Å². The topological polar surface area (TPSA) is 55.5 Å². The van der Waals surface area contributed by atoms with Gasteiger partial charge in [0.15, 0.2) is 13.2 Å². The molecule has 1 rings (SSSR count). The monoisotopic (exact) mass is 473 g/mol. The largest absolute Gasteiger partial charge is 0.412 e. The van der Waals surface area contributed by atoms with Crippen LogP contribution in [0.25, 0.3) is 0 Å². The average Bonchev–Trinajstić information content (AvgIpc) is 2.19. The summed E-state index contributed by atoms with van der Waals surface area (Å²) < 4.78 is 91.4. The Morgan fingerprint density at radius 1 is 0.682 bits per heavy atom. The van der Waals surface area contributed by atoms with E-state index in [2.05, 4.69) is 22.6 Å². The summed E-state index contributed by atoms with van der Waals surface area (Å²) in [6.45, 7) is -12.1. The third-order valence-corrected chi connectivity index (χ3v) is 13.1. The molecule has 1 aliphatic rings. The van der Waals surface area contributed by atoms with Gasteiger partial charge in [0, 0.05) is 0 Å². The van der Waals surface area contributed by atoms with Crippen LogP contribution in [0, 0.1) is 0 Å². The van der Waals surface area contributed by atoms with Crippen molar-refractivity contribution in [3.8, 4) is 0 Å². The number of rotatable bonds is 4. The lowest BCUT2D eigenvalue weighted by Crippen LogP contribution is -2.15. The summed E-state index contributed by atoms with van der Waals surface area (Å²) in [6, 6.07) is 0. The molecule has 132 valence electrons. The van der Waals surface area contributed by atoms with E-state index in [0.29, 0.717) is 0 Å². The lowest BCUT2D eigenvalue weighted by atomic mass is 10.7. The Morgan fingerprint density at radius 2 is 1.05 bits per heavy atom. The van der Waals surface area contributed by atoms with Crippen molar-refractivity contribution in [3.05, 3.63) is 0 Å². The van der Waals surface area contributed by atoms with Gasteiger partial charge in [-0.1, -0.05) is 0 Å². The number of hydrogen-bond acceptors (Lipinski definition) is 5. The molecule has 5 nitrogen and oxygen atoms in total. The molecule has 2 atom stereocenters. The Labute approximate surface area is 139 Å². The average molecular weight is 475 g/mol. The van der Waals surface area contributed by atoms with E-state index < -0.39 is 45.0 Å². The van der Waals surface area contributed by atoms with E-state index in [-0.39, 0.29) is 0 Å². The fourth-order valence-corrected chi connectivity index (χ4v) is 15.5. The smallest absolute Gasteiger partial charge is 0.306 e. The Bertz CT molecular complexity index is 575. The molecule has 0 aromatic carbocycles. The van der Waals surface area contributed by atoms with Crippen molar-refractivity contribution in [2.24, 2.45) is 13.5 Å². The first-order chi connectivity index (χ1) is 9.54. The molecular formula is C4H4Cl4F6N3O2P3. The van der Waals surface area contributed by atoms with Crippen molar-refractivity contribution in [2.75, 3.05) is 13.2 Å². The molecule has 0 saturated carbocycles. The summed E-state index contributed by atoms with van der Waals surface area (Å²) in [5.74, 6) is -3.79. The zero-order chi connectivity index (χ0) is 17.4. The molecule has 0 N–H and O–H groups in total. The van der Waals surface area contributed by atoms with Gasteiger partial charge in [0.05, 0.1) is 0 Å². The number of hydrogen-bond donors (Lipinski definition) is 0. The number of halogens is 10. The minimum Gasteiger partial charge on any atom is -0.306 e. The second-order valence-corrected chi connectivity index (χ2v) is 14.9. The molecule has 0 aromatic rings. The highest BCUT2D eigenvalue weighted by Crippen LogP contribution is 2.85. The molecule has 1 heterocycles. The van der Waals surface area contributed by atoms with Crippen LogP contribution in [0.5, 0.6) is 0 Å². The SMILES string of the molecule is FC(F)(F)CO[P@]1(Cl)=NP(Cl)(Cl)=N[P@@](Cl)(OCC(F)(F)F)=N1. The van der Waals surface area contributed by atoms with Crippen LogP contribution in [0.3, 0.4) is 0 Å². The van der Waals surface area contributed by atoms with Crippen molar-refractivity contribution in [2.45, 2.75) is 12.4 Å². The predicted octanol–water partition coefficient (Wildman–Crippen LogP) is 7.95. The number of alkyl halides is 6. The molecule has 0 aliphatic carbocycles. The van der Waals surface area contributed by atoms with Crippen LogP contribution in [0.1, 0.15) is 0 Å². The zero-order valence-electron chi connectivity index (χ0n) is 9.69. The third-order valence-electron chi connectivity index (χ3n) is 1.44. The van der Waals surface area contributed by atoms with Crippen LogP contribution < -0.4 is 0 Å². The Morgan fingerprint density at radius 3 is 1.41 bits per heavy atom. The normalized spacial score (nSPS) is 31.9. The molecule has 0 fully saturated rings. The third kappa shape index (κ3) is 7.95. The van der Waals surface area contributed by atoms with Gasteiger partial charge < -0.3 is 9.05 Å². The second kappa shape index (κ2) is 6.93. The van der Waals surface area contributed by atoms with Crippen LogP contribution in [-0.4, -0.2) is 25.6 Å². The van der Waals surface area contributed by atoms with Gasteiger partial charge in [-0.15, -0.1) is 0 Å². The molecule has 0 saturated heterocycles. The van der Waals surface area contributed by atoms with E-state index in [9.17, 15) is 26.3 Å². The molecule has 0 radical (unpaired) electrons. The highest BCUT2D eigenvalue weighted by atomic mass is 35.9. The van der Waals surface area contributed by atoms with Crippen LogP contribution in [-0.2, 0) is 9.05 Å². The zero-order valence-corrected chi connectivity index (χ0v) is 15.4. The summed E-state index contributed by atoms with van der Waals surface area (Å²) in [7, 11) is 0. The first kappa shape index (κ1) is 21.4. The van der Waals surface area contributed by atoms with E-state index in [4.69, 9.17) is 45.0 Å². The van der Waals surface area contributed by atoms with Gasteiger partial charge >= 0.3 is 25.9 Å². The molecule has 22 heavy (non-hydrogen) atoms. The van der Waals surface area contributed by atoms with Crippen molar-refractivity contribution in [1.29, 1.82) is 0 Å². The van der Waals surface area contributed by atoms with E-state index in [1.165, 1.54) is 0 Å². The Hall–Kier alpha value is 1.35. The second-order valence-electron chi connectivity index (χ2n) is 3.45. The number of nitrogens with zero attached hydrogens (tertiary/aromatic N) is 3. The fourth-order valence-electron chi connectivity index (χ4n) is 0.869. The molecule has 0 aromatic heterocycles. The Kier molecular flexibility index (Phi) is 6.74. The summed E-state index contributed by atoms with van der Waals surface area (Å²) >= 11 is 22.4. The molecule has 0 spiro atoms. The summed E-state index contributed by atoms with van der Waals surface area (Å²) in [5.41, 5.74) is 0. The quantitative estimate of drug-likeness (QED) is 0.306.